The van der Waals surface area contributed by atoms with Gasteiger partial charge in [0, 0.05) is 36.3 Å². The van der Waals surface area contributed by atoms with E-state index in [1.807, 2.05) is 49.4 Å². The number of carbonyl (C=O) groups is 1. The maximum Gasteiger partial charge on any atom is 0.253 e. The van der Waals surface area contributed by atoms with Crippen molar-refractivity contribution in [2.24, 2.45) is 0 Å². The normalized spacial score (nSPS) is 10.6. The smallest absolute Gasteiger partial charge is 0.253 e. The van der Waals surface area contributed by atoms with E-state index in [1.54, 1.807) is 13.3 Å². The Hall–Kier alpha value is -2.95. The van der Waals surface area contributed by atoms with E-state index in [4.69, 9.17) is 4.74 Å². The van der Waals surface area contributed by atoms with E-state index in [2.05, 4.69) is 15.3 Å². The Labute approximate surface area is 140 Å². The number of hydrogen-bond donors (Lipinski definition) is 1. The third kappa shape index (κ3) is 3.51. The predicted octanol–water partition coefficient (Wildman–Crippen LogP) is 2.92. The molecule has 0 fully saturated rings. The lowest BCUT2D eigenvalue weighted by molar-refractivity contribution is 0.0953. The van der Waals surface area contributed by atoms with Crippen LogP contribution in [-0.2, 0) is 6.42 Å². The molecule has 5 nitrogen and oxygen atoms in total. The number of nitrogens with zero attached hydrogens (tertiary/aromatic N) is 2. The van der Waals surface area contributed by atoms with Gasteiger partial charge in [-0.05, 0) is 37.3 Å². The van der Waals surface area contributed by atoms with Crippen molar-refractivity contribution in [3.63, 3.8) is 0 Å². The number of nitrogens with one attached hydrogen (secondary N) is 1. The lowest BCUT2D eigenvalue weighted by Gasteiger charge is -2.09. The molecule has 1 amide bonds. The molecule has 3 rings (SSSR count). The molecule has 0 saturated heterocycles. The number of aryl methyl sites for hydroxylation is 1. The second-order valence-electron chi connectivity index (χ2n) is 5.51. The van der Waals surface area contributed by atoms with E-state index in [0.717, 1.165) is 22.3 Å². The molecule has 0 bridgehead atoms. The zero-order valence-corrected chi connectivity index (χ0v) is 13.7. The van der Waals surface area contributed by atoms with E-state index >= 15 is 0 Å². The van der Waals surface area contributed by atoms with E-state index < -0.39 is 0 Å². The zero-order valence-electron chi connectivity index (χ0n) is 13.7. The van der Waals surface area contributed by atoms with Gasteiger partial charge in [-0.15, -0.1) is 0 Å². The summed E-state index contributed by atoms with van der Waals surface area (Å²) in [5.74, 6) is 0.635. The predicted molar refractivity (Wildman–Crippen MR) is 93.3 cm³/mol. The van der Waals surface area contributed by atoms with E-state index in [0.29, 0.717) is 24.2 Å². The molecule has 2 aromatic heterocycles. The molecule has 0 atom stereocenters. The Morgan fingerprint density at radius 2 is 2.08 bits per heavy atom. The van der Waals surface area contributed by atoms with Crippen LogP contribution in [0.25, 0.3) is 10.9 Å². The van der Waals surface area contributed by atoms with Crippen molar-refractivity contribution in [3.05, 3.63) is 65.6 Å². The first-order chi connectivity index (χ1) is 11.7. The molecule has 3 aromatic rings. The second kappa shape index (κ2) is 7.08. The van der Waals surface area contributed by atoms with Gasteiger partial charge in [-0.25, -0.2) is 0 Å². The van der Waals surface area contributed by atoms with Crippen LogP contribution in [0.3, 0.4) is 0 Å². The number of ether oxygens (including phenoxy) is 1. The Morgan fingerprint density at radius 3 is 2.83 bits per heavy atom. The minimum absolute atomic E-state index is 0.117. The van der Waals surface area contributed by atoms with Crippen LogP contribution in [0.4, 0.5) is 0 Å². The first kappa shape index (κ1) is 15.9. The highest BCUT2D eigenvalue weighted by Crippen LogP contribution is 2.21. The van der Waals surface area contributed by atoms with Crippen LogP contribution in [-0.4, -0.2) is 29.5 Å². The first-order valence-corrected chi connectivity index (χ1v) is 7.81. The highest BCUT2D eigenvalue weighted by atomic mass is 16.5. The monoisotopic (exact) mass is 321 g/mol. The van der Waals surface area contributed by atoms with Crippen LogP contribution in [0.5, 0.6) is 5.75 Å². The highest BCUT2D eigenvalue weighted by molar-refractivity contribution is 5.98. The van der Waals surface area contributed by atoms with Crippen LogP contribution in [0, 0.1) is 6.92 Å². The summed E-state index contributed by atoms with van der Waals surface area (Å²) in [7, 11) is 1.62. The summed E-state index contributed by atoms with van der Waals surface area (Å²) in [6.45, 7) is 2.38. The summed E-state index contributed by atoms with van der Waals surface area (Å²) in [4.78, 5) is 21.2. The molecule has 0 saturated carbocycles. The Morgan fingerprint density at radius 1 is 1.21 bits per heavy atom. The van der Waals surface area contributed by atoms with Gasteiger partial charge in [0.1, 0.15) is 5.75 Å². The van der Waals surface area contributed by atoms with Crippen molar-refractivity contribution < 1.29 is 9.53 Å². The van der Waals surface area contributed by atoms with Gasteiger partial charge in [0.15, 0.2) is 0 Å². The van der Waals surface area contributed by atoms with E-state index in [-0.39, 0.29) is 5.91 Å². The number of rotatable bonds is 5. The Balaban J connectivity index is 1.73. The molecule has 0 aliphatic heterocycles. The van der Waals surface area contributed by atoms with E-state index in [9.17, 15) is 4.79 Å². The number of aromatic nitrogens is 2. The molecule has 5 heteroatoms. The fourth-order valence-electron chi connectivity index (χ4n) is 2.55. The number of amides is 1. The van der Waals surface area contributed by atoms with Crippen LogP contribution >= 0.6 is 0 Å². The Kier molecular flexibility index (Phi) is 4.70. The maximum absolute atomic E-state index is 12.4. The van der Waals surface area contributed by atoms with Gasteiger partial charge >= 0.3 is 0 Å². The Bertz CT molecular complexity index is 863. The number of hydrogen-bond acceptors (Lipinski definition) is 4. The topological polar surface area (TPSA) is 64.1 Å². The highest BCUT2D eigenvalue weighted by Gasteiger charge is 2.12. The van der Waals surface area contributed by atoms with Crippen molar-refractivity contribution in [1.29, 1.82) is 0 Å². The van der Waals surface area contributed by atoms with Gasteiger partial charge in [0.2, 0.25) is 0 Å². The standard InChI is InChI=1S/C19H19N3O2/c1-13-17(11-14-6-7-16(24-2)12-18(14)22-13)19(23)21-10-8-15-5-3-4-9-20-15/h3-7,9,11-12H,8,10H2,1-2H3,(H,21,23). The second-order valence-corrected chi connectivity index (χ2v) is 5.51. The van der Waals surface area contributed by atoms with Crippen LogP contribution in [0.15, 0.2) is 48.7 Å². The fraction of sp³-hybridized carbons (Fsp3) is 0.211. The molecule has 0 aliphatic rings. The number of pyridine rings is 2. The fourth-order valence-corrected chi connectivity index (χ4v) is 2.55. The maximum atomic E-state index is 12.4. The molecule has 1 aromatic carbocycles. The molecule has 0 radical (unpaired) electrons. The molecule has 0 spiro atoms. The van der Waals surface area contributed by atoms with Crippen LogP contribution < -0.4 is 10.1 Å². The molecule has 1 N–H and O–H groups in total. The van der Waals surface area contributed by atoms with Gasteiger partial charge in [-0.3, -0.25) is 14.8 Å². The van der Waals surface area contributed by atoms with Crippen molar-refractivity contribution >= 4 is 16.8 Å². The summed E-state index contributed by atoms with van der Waals surface area (Å²) >= 11 is 0. The summed E-state index contributed by atoms with van der Waals surface area (Å²) in [5.41, 5.74) is 3.06. The van der Waals surface area contributed by atoms with Crippen molar-refractivity contribution in [1.82, 2.24) is 15.3 Å². The quantitative estimate of drug-likeness (QED) is 0.785. The third-order valence-corrected chi connectivity index (χ3v) is 3.85. The average Bonchev–Trinajstić information content (AvgIpc) is 2.61. The third-order valence-electron chi connectivity index (χ3n) is 3.85. The molecule has 122 valence electrons. The first-order valence-electron chi connectivity index (χ1n) is 7.81. The summed E-state index contributed by atoms with van der Waals surface area (Å²) < 4.78 is 5.21. The van der Waals surface area contributed by atoms with Gasteiger partial charge < -0.3 is 10.1 Å². The lowest BCUT2D eigenvalue weighted by Crippen LogP contribution is -2.26. The van der Waals surface area contributed by atoms with Gasteiger partial charge in [0.25, 0.3) is 5.91 Å². The van der Waals surface area contributed by atoms with Crippen LogP contribution in [0.1, 0.15) is 21.7 Å². The van der Waals surface area contributed by atoms with Crippen molar-refractivity contribution in [3.8, 4) is 5.75 Å². The molecular formula is C19H19N3O2. The minimum Gasteiger partial charge on any atom is -0.497 e. The number of fused-ring (bicyclic) bond motifs is 1. The zero-order chi connectivity index (χ0) is 16.9. The van der Waals surface area contributed by atoms with Gasteiger partial charge in [-0.1, -0.05) is 6.07 Å². The SMILES string of the molecule is COc1ccc2cc(C(=O)NCCc3ccccn3)c(C)nc2c1. The van der Waals surface area contributed by atoms with Gasteiger partial charge in [0.05, 0.1) is 23.9 Å². The average molecular weight is 321 g/mol. The van der Waals surface area contributed by atoms with Crippen molar-refractivity contribution in [2.45, 2.75) is 13.3 Å². The molecule has 0 unspecified atom stereocenters. The molecular weight excluding hydrogens is 302 g/mol. The van der Waals surface area contributed by atoms with Crippen molar-refractivity contribution in [2.75, 3.05) is 13.7 Å². The minimum atomic E-state index is -0.117. The van der Waals surface area contributed by atoms with Crippen LogP contribution in [0.2, 0.25) is 0 Å². The summed E-state index contributed by atoms with van der Waals surface area (Å²) in [6.07, 6.45) is 2.45. The largest absolute Gasteiger partial charge is 0.497 e. The number of carbonyl (C=O) groups excluding carboxylic acids is 1. The number of methoxy groups -OCH3 is 1. The number of benzene rings is 1. The van der Waals surface area contributed by atoms with Gasteiger partial charge in [-0.2, -0.15) is 0 Å². The summed E-state index contributed by atoms with van der Waals surface area (Å²) in [5, 5.41) is 3.85. The molecule has 24 heavy (non-hydrogen) atoms. The van der Waals surface area contributed by atoms with E-state index in [1.165, 1.54) is 0 Å². The lowest BCUT2D eigenvalue weighted by atomic mass is 10.1. The molecule has 2 heterocycles. The molecule has 0 aliphatic carbocycles. The summed E-state index contributed by atoms with van der Waals surface area (Å²) in [6, 6.07) is 13.3.